The Hall–Kier alpha value is -1.07. The summed E-state index contributed by atoms with van der Waals surface area (Å²) in [6.45, 7) is 1.06. The fourth-order valence-corrected chi connectivity index (χ4v) is 1.85. The van der Waals surface area contributed by atoms with Gasteiger partial charge in [0.25, 0.3) is 0 Å². The van der Waals surface area contributed by atoms with Gasteiger partial charge in [0.05, 0.1) is 12.6 Å². The van der Waals surface area contributed by atoms with Crippen LogP contribution in [-0.4, -0.2) is 26.4 Å². The summed E-state index contributed by atoms with van der Waals surface area (Å²) in [4.78, 5) is 0. The second kappa shape index (κ2) is 8.17. The van der Waals surface area contributed by atoms with Crippen molar-refractivity contribution in [3.05, 3.63) is 35.9 Å². The van der Waals surface area contributed by atoms with Gasteiger partial charge in [-0.1, -0.05) is 30.3 Å². The van der Waals surface area contributed by atoms with Crippen LogP contribution in [0.3, 0.4) is 0 Å². The lowest BCUT2D eigenvalue weighted by Gasteiger charge is -2.18. The zero-order chi connectivity index (χ0) is 14.1. The number of benzene rings is 1. The van der Waals surface area contributed by atoms with Gasteiger partial charge in [-0.15, -0.1) is 0 Å². The third-order valence-electron chi connectivity index (χ3n) is 2.81. The first kappa shape index (κ1) is 16.0. The van der Waals surface area contributed by atoms with Gasteiger partial charge in [-0.25, -0.2) is 0 Å². The number of methoxy groups -OCH3 is 1. The van der Waals surface area contributed by atoms with E-state index in [1.165, 1.54) is 0 Å². The van der Waals surface area contributed by atoms with Crippen LogP contribution >= 0.6 is 0 Å². The van der Waals surface area contributed by atoms with Crippen LogP contribution in [0.2, 0.25) is 0 Å². The Morgan fingerprint density at radius 1 is 1.16 bits per heavy atom. The summed E-state index contributed by atoms with van der Waals surface area (Å²) in [5.41, 5.74) is 1.08. The Kier molecular flexibility index (Phi) is 6.87. The Balaban J connectivity index is 2.31. The van der Waals surface area contributed by atoms with Crippen molar-refractivity contribution < 1.29 is 17.9 Å². The molecule has 0 aliphatic rings. The molecule has 2 nitrogen and oxygen atoms in total. The van der Waals surface area contributed by atoms with Gasteiger partial charge in [-0.2, -0.15) is 13.2 Å². The number of hydrogen-bond donors (Lipinski definition) is 1. The van der Waals surface area contributed by atoms with E-state index in [-0.39, 0.29) is 12.5 Å². The molecule has 1 unspecified atom stereocenters. The zero-order valence-corrected chi connectivity index (χ0v) is 11.0. The minimum Gasteiger partial charge on any atom is -0.383 e. The second-order valence-electron chi connectivity index (χ2n) is 4.45. The molecule has 0 aliphatic heterocycles. The Bertz CT molecular complexity index is 340. The fourth-order valence-electron chi connectivity index (χ4n) is 1.85. The normalized spacial score (nSPS) is 13.5. The molecule has 0 bridgehead atoms. The molecule has 0 fully saturated rings. The van der Waals surface area contributed by atoms with E-state index >= 15 is 0 Å². The van der Waals surface area contributed by atoms with Gasteiger partial charge < -0.3 is 10.1 Å². The lowest BCUT2D eigenvalue weighted by Crippen LogP contribution is -2.26. The van der Waals surface area contributed by atoms with Gasteiger partial charge >= 0.3 is 6.18 Å². The summed E-state index contributed by atoms with van der Waals surface area (Å²) >= 11 is 0. The van der Waals surface area contributed by atoms with E-state index in [2.05, 4.69) is 5.32 Å². The maximum Gasteiger partial charge on any atom is 0.389 e. The van der Waals surface area contributed by atoms with Crippen LogP contribution in [0.1, 0.15) is 30.9 Å². The van der Waals surface area contributed by atoms with Crippen molar-refractivity contribution in [2.75, 3.05) is 20.3 Å². The minimum atomic E-state index is -4.05. The number of hydrogen-bond acceptors (Lipinski definition) is 2. The van der Waals surface area contributed by atoms with Crippen molar-refractivity contribution in [2.24, 2.45) is 0 Å². The molecule has 19 heavy (non-hydrogen) atoms. The molecule has 108 valence electrons. The SMILES string of the molecule is COCC(NCCCCC(F)(F)F)c1ccccc1. The predicted octanol–water partition coefficient (Wildman–Crippen LogP) is 3.70. The van der Waals surface area contributed by atoms with E-state index < -0.39 is 12.6 Å². The molecule has 0 heterocycles. The monoisotopic (exact) mass is 275 g/mol. The van der Waals surface area contributed by atoms with Crippen molar-refractivity contribution in [3.8, 4) is 0 Å². The summed E-state index contributed by atoms with van der Waals surface area (Å²) in [5.74, 6) is 0. The highest BCUT2D eigenvalue weighted by Crippen LogP contribution is 2.22. The highest BCUT2D eigenvalue weighted by atomic mass is 19.4. The minimum absolute atomic E-state index is 0.0251. The summed E-state index contributed by atoms with van der Waals surface area (Å²) < 4.78 is 41.1. The van der Waals surface area contributed by atoms with Crippen molar-refractivity contribution in [1.82, 2.24) is 5.32 Å². The van der Waals surface area contributed by atoms with Crippen molar-refractivity contribution in [1.29, 1.82) is 0 Å². The zero-order valence-electron chi connectivity index (χ0n) is 11.0. The molecule has 1 atom stereocenters. The molecule has 0 aliphatic carbocycles. The van der Waals surface area contributed by atoms with Gasteiger partial charge in [-0.05, 0) is 24.9 Å². The van der Waals surface area contributed by atoms with E-state index in [0.717, 1.165) is 5.56 Å². The maximum atomic E-state index is 12.0. The van der Waals surface area contributed by atoms with Gasteiger partial charge in [-0.3, -0.25) is 0 Å². The first-order chi connectivity index (χ1) is 9.03. The molecule has 1 aromatic rings. The molecule has 0 amide bonds. The first-order valence-electron chi connectivity index (χ1n) is 6.37. The molecule has 0 spiro atoms. The molecule has 5 heteroatoms. The van der Waals surface area contributed by atoms with E-state index in [9.17, 15) is 13.2 Å². The fraction of sp³-hybridized carbons (Fsp3) is 0.571. The molecule has 0 aromatic heterocycles. The molecule has 1 aromatic carbocycles. The van der Waals surface area contributed by atoms with Crippen molar-refractivity contribution in [3.63, 3.8) is 0 Å². The molecular formula is C14H20F3NO. The van der Waals surface area contributed by atoms with Crippen LogP contribution in [0.25, 0.3) is 0 Å². The summed E-state index contributed by atoms with van der Waals surface area (Å²) in [5, 5.41) is 3.23. The largest absolute Gasteiger partial charge is 0.389 e. The third kappa shape index (κ3) is 7.18. The Labute approximate surface area is 112 Å². The lowest BCUT2D eigenvalue weighted by atomic mass is 10.1. The van der Waals surface area contributed by atoms with Crippen LogP contribution in [0.5, 0.6) is 0 Å². The van der Waals surface area contributed by atoms with E-state index in [0.29, 0.717) is 19.6 Å². The van der Waals surface area contributed by atoms with Gasteiger partial charge in [0.15, 0.2) is 0 Å². The van der Waals surface area contributed by atoms with Crippen molar-refractivity contribution in [2.45, 2.75) is 31.5 Å². The molecule has 0 radical (unpaired) electrons. The van der Waals surface area contributed by atoms with Crippen LogP contribution in [0.15, 0.2) is 30.3 Å². The Morgan fingerprint density at radius 2 is 1.84 bits per heavy atom. The van der Waals surface area contributed by atoms with Gasteiger partial charge in [0.1, 0.15) is 0 Å². The molecule has 0 saturated carbocycles. The van der Waals surface area contributed by atoms with Crippen LogP contribution < -0.4 is 5.32 Å². The van der Waals surface area contributed by atoms with E-state index in [1.807, 2.05) is 30.3 Å². The number of nitrogens with one attached hydrogen (secondary N) is 1. The van der Waals surface area contributed by atoms with Crippen LogP contribution in [-0.2, 0) is 4.74 Å². The number of rotatable bonds is 8. The quantitative estimate of drug-likeness (QED) is 0.730. The van der Waals surface area contributed by atoms with Gasteiger partial charge in [0, 0.05) is 13.5 Å². The number of halogens is 3. The average molecular weight is 275 g/mol. The van der Waals surface area contributed by atoms with Gasteiger partial charge in [0.2, 0.25) is 0 Å². The number of alkyl halides is 3. The highest BCUT2D eigenvalue weighted by Gasteiger charge is 2.25. The van der Waals surface area contributed by atoms with E-state index in [1.54, 1.807) is 7.11 Å². The molecule has 0 saturated heterocycles. The summed E-state index contributed by atoms with van der Waals surface area (Å²) in [6.07, 6.45) is -4.10. The molecular weight excluding hydrogens is 255 g/mol. The second-order valence-corrected chi connectivity index (χ2v) is 4.45. The third-order valence-corrected chi connectivity index (χ3v) is 2.81. The predicted molar refractivity (Wildman–Crippen MR) is 69.0 cm³/mol. The number of unbranched alkanes of at least 4 members (excludes halogenated alkanes) is 1. The van der Waals surface area contributed by atoms with Crippen molar-refractivity contribution >= 4 is 0 Å². The summed E-state index contributed by atoms with van der Waals surface area (Å²) in [7, 11) is 1.61. The van der Waals surface area contributed by atoms with Crippen LogP contribution in [0, 0.1) is 0 Å². The topological polar surface area (TPSA) is 21.3 Å². The lowest BCUT2D eigenvalue weighted by molar-refractivity contribution is -0.135. The Morgan fingerprint density at radius 3 is 2.42 bits per heavy atom. The highest BCUT2D eigenvalue weighted by molar-refractivity contribution is 5.18. The maximum absolute atomic E-state index is 12.0. The average Bonchev–Trinajstić information content (AvgIpc) is 2.37. The number of ether oxygens (including phenoxy) is 1. The molecule has 1 rings (SSSR count). The standard InChI is InChI=1S/C14H20F3NO/c1-19-11-13(12-7-3-2-4-8-12)18-10-6-5-9-14(15,16)17/h2-4,7-8,13,18H,5-6,9-11H2,1H3. The first-order valence-corrected chi connectivity index (χ1v) is 6.37. The van der Waals surface area contributed by atoms with Crippen LogP contribution in [0.4, 0.5) is 13.2 Å². The smallest absolute Gasteiger partial charge is 0.383 e. The summed E-state index contributed by atoms with van der Waals surface area (Å²) in [6, 6.07) is 9.78. The molecule has 1 N–H and O–H groups in total. The van der Waals surface area contributed by atoms with E-state index in [4.69, 9.17) is 4.74 Å².